The third kappa shape index (κ3) is 22.6. The largest absolute Gasteiger partial charge is 1.00 e. The van der Waals surface area contributed by atoms with Crippen molar-refractivity contribution in [1.29, 1.82) is 0 Å². The van der Waals surface area contributed by atoms with Crippen molar-refractivity contribution in [2.45, 2.75) is 59.3 Å². The van der Waals surface area contributed by atoms with Crippen molar-refractivity contribution in [3.8, 4) is 0 Å². The van der Waals surface area contributed by atoms with Gasteiger partial charge < -0.3 is 22.0 Å². The third-order valence-electron chi connectivity index (χ3n) is 2.65. The van der Waals surface area contributed by atoms with E-state index in [2.05, 4.69) is 32.3 Å². The highest BCUT2D eigenvalue weighted by molar-refractivity contribution is 5.86. The molecule has 0 aliphatic heterocycles. The highest BCUT2D eigenvalue weighted by Crippen LogP contribution is 2.03. The summed E-state index contributed by atoms with van der Waals surface area (Å²) in [6, 6.07) is 0. The average molecular weight is 308 g/mol. The van der Waals surface area contributed by atoms with Crippen molar-refractivity contribution in [1.82, 2.24) is 0 Å². The van der Waals surface area contributed by atoms with Crippen LogP contribution >= 0.6 is 0 Å². The lowest BCUT2D eigenvalue weighted by atomic mass is 10.1. The molecule has 0 aromatic rings. The number of halogens is 1. The normalized spacial score (nSPS) is 9.30. The number of nitrogens with one attached hydrogen (secondary N) is 1. The molecule has 0 aromatic heterocycles. The summed E-state index contributed by atoms with van der Waals surface area (Å²) < 4.78 is 4.56. The number of hydrogen-bond donors (Lipinski definition) is 1. The van der Waals surface area contributed by atoms with E-state index < -0.39 is 0 Å². The molecule has 0 rings (SSSR count). The SMILES string of the molecule is C=C(C)C(=O)OCC.CCCCCCCC[NH+](C)C.[Cl-]. The van der Waals surface area contributed by atoms with E-state index in [1.165, 1.54) is 45.1 Å². The topological polar surface area (TPSA) is 30.7 Å². The van der Waals surface area contributed by atoms with E-state index in [1.54, 1.807) is 18.7 Å². The Morgan fingerprint density at radius 3 is 1.90 bits per heavy atom. The predicted molar refractivity (Wildman–Crippen MR) is 82.5 cm³/mol. The highest BCUT2D eigenvalue weighted by atomic mass is 35.5. The van der Waals surface area contributed by atoms with Crippen LogP contribution in [0.4, 0.5) is 0 Å². The van der Waals surface area contributed by atoms with Crippen molar-refractivity contribution >= 4 is 5.97 Å². The number of quaternary nitrogens is 1. The van der Waals surface area contributed by atoms with Crippen LogP contribution in [0.5, 0.6) is 0 Å². The molecule has 0 saturated heterocycles. The maximum absolute atomic E-state index is 10.4. The Balaban J connectivity index is -0.000000288. The first-order valence-electron chi connectivity index (χ1n) is 7.57. The van der Waals surface area contributed by atoms with Gasteiger partial charge in [-0.15, -0.1) is 0 Å². The number of ether oxygens (including phenoxy) is 1. The molecule has 0 aliphatic carbocycles. The zero-order valence-corrected chi connectivity index (χ0v) is 14.8. The standard InChI is InChI=1S/C10H23N.C6H10O2.ClH/c1-4-5-6-7-8-9-10-11(2)3;1-4-8-6(7)5(2)3;/h4-10H2,1-3H3;2,4H2,1,3H3;1H. The van der Waals surface area contributed by atoms with Crippen LogP contribution < -0.4 is 17.3 Å². The van der Waals surface area contributed by atoms with Gasteiger partial charge in [0.1, 0.15) is 0 Å². The van der Waals surface area contributed by atoms with Crippen molar-refractivity contribution in [2.24, 2.45) is 0 Å². The van der Waals surface area contributed by atoms with Crippen LogP contribution in [0, 0.1) is 0 Å². The van der Waals surface area contributed by atoms with Crippen LogP contribution in [0.1, 0.15) is 59.3 Å². The van der Waals surface area contributed by atoms with Crippen LogP contribution in [0.25, 0.3) is 0 Å². The van der Waals surface area contributed by atoms with Crippen LogP contribution in [-0.4, -0.2) is 33.2 Å². The van der Waals surface area contributed by atoms with Crippen LogP contribution in [0.15, 0.2) is 12.2 Å². The van der Waals surface area contributed by atoms with Crippen molar-refractivity contribution in [3.05, 3.63) is 12.2 Å². The summed E-state index contributed by atoms with van der Waals surface area (Å²) in [5, 5.41) is 0. The monoisotopic (exact) mass is 307 g/mol. The van der Waals surface area contributed by atoms with E-state index >= 15 is 0 Å². The first-order chi connectivity index (χ1) is 8.95. The number of rotatable bonds is 9. The molecule has 3 nitrogen and oxygen atoms in total. The van der Waals surface area contributed by atoms with E-state index in [0.717, 1.165) is 0 Å². The quantitative estimate of drug-likeness (QED) is 0.358. The lowest BCUT2D eigenvalue weighted by Gasteiger charge is -2.05. The molecule has 0 heterocycles. The van der Waals surface area contributed by atoms with Gasteiger partial charge in [-0.2, -0.15) is 0 Å². The molecule has 0 saturated carbocycles. The summed E-state index contributed by atoms with van der Waals surface area (Å²) in [6.07, 6.45) is 8.52. The Hall–Kier alpha value is -0.540. The fourth-order valence-corrected chi connectivity index (χ4v) is 1.51. The van der Waals surface area contributed by atoms with Gasteiger partial charge in [0.15, 0.2) is 0 Å². The molecule has 0 bridgehead atoms. The molecular formula is C16H34ClNO2. The van der Waals surface area contributed by atoms with Crippen LogP contribution in [0.2, 0.25) is 0 Å². The van der Waals surface area contributed by atoms with Gasteiger partial charge in [-0.1, -0.05) is 39.2 Å². The Morgan fingerprint density at radius 2 is 1.55 bits per heavy atom. The Morgan fingerprint density at radius 1 is 1.05 bits per heavy atom. The number of carbonyl (C=O) groups is 1. The Kier molecular flexibility index (Phi) is 22.6. The summed E-state index contributed by atoms with van der Waals surface area (Å²) in [5.74, 6) is -0.312. The van der Waals surface area contributed by atoms with Crippen molar-refractivity contribution < 1.29 is 26.8 Å². The van der Waals surface area contributed by atoms with Crippen LogP contribution in [-0.2, 0) is 9.53 Å². The Bertz CT molecular complexity index is 231. The summed E-state index contributed by atoms with van der Waals surface area (Å²) in [4.78, 5) is 12.0. The van der Waals surface area contributed by atoms with Crippen molar-refractivity contribution in [3.63, 3.8) is 0 Å². The van der Waals surface area contributed by atoms with Gasteiger partial charge in [-0.25, -0.2) is 4.79 Å². The lowest BCUT2D eigenvalue weighted by Crippen LogP contribution is -3.05. The minimum atomic E-state index is -0.312. The summed E-state index contributed by atoms with van der Waals surface area (Å²) in [5.41, 5.74) is 0.451. The zero-order chi connectivity index (χ0) is 15.1. The molecule has 0 amide bonds. The van der Waals surface area contributed by atoms with Gasteiger partial charge in [0, 0.05) is 5.57 Å². The number of unbranched alkanes of at least 4 members (excludes halogenated alkanes) is 5. The van der Waals surface area contributed by atoms with Gasteiger partial charge in [0.2, 0.25) is 0 Å². The van der Waals surface area contributed by atoms with Gasteiger partial charge in [0.25, 0.3) is 0 Å². The molecule has 0 aromatic carbocycles. The van der Waals surface area contributed by atoms with Gasteiger partial charge in [-0.3, -0.25) is 0 Å². The lowest BCUT2D eigenvalue weighted by molar-refractivity contribution is -0.858. The molecule has 122 valence electrons. The number of esters is 1. The summed E-state index contributed by atoms with van der Waals surface area (Å²) in [6.45, 7) is 10.8. The third-order valence-corrected chi connectivity index (χ3v) is 2.65. The fourth-order valence-electron chi connectivity index (χ4n) is 1.51. The minimum Gasteiger partial charge on any atom is -1.00 e. The van der Waals surface area contributed by atoms with Crippen LogP contribution in [0.3, 0.4) is 0 Å². The molecule has 0 spiro atoms. The average Bonchev–Trinajstić information content (AvgIpc) is 2.34. The van der Waals surface area contributed by atoms with Gasteiger partial charge in [-0.05, 0) is 26.7 Å². The predicted octanol–water partition coefficient (Wildman–Crippen LogP) is -0.379. The maximum atomic E-state index is 10.4. The Labute approximate surface area is 132 Å². The second-order valence-corrected chi connectivity index (χ2v) is 5.23. The zero-order valence-electron chi connectivity index (χ0n) is 14.1. The highest BCUT2D eigenvalue weighted by Gasteiger charge is 1.98. The second-order valence-electron chi connectivity index (χ2n) is 5.23. The molecule has 20 heavy (non-hydrogen) atoms. The van der Waals surface area contributed by atoms with E-state index in [-0.39, 0.29) is 18.4 Å². The van der Waals surface area contributed by atoms with Gasteiger partial charge >= 0.3 is 5.97 Å². The van der Waals surface area contributed by atoms with E-state index in [0.29, 0.717) is 12.2 Å². The molecule has 0 radical (unpaired) electrons. The van der Waals surface area contributed by atoms with E-state index in [9.17, 15) is 4.79 Å². The number of hydrogen-bond acceptors (Lipinski definition) is 2. The molecule has 1 N–H and O–H groups in total. The summed E-state index contributed by atoms with van der Waals surface area (Å²) in [7, 11) is 4.46. The van der Waals surface area contributed by atoms with E-state index in [4.69, 9.17) is 0 Å². The minimum absolute atomic E-state index is 0. The summed E-state index contributed by atoms with van der Waals surface area (Å²) >= 11 is 0. The first-order valence-corrected chi connectivity index (χ1v) is 7.57. The first kappa shape index (κ1) is 24.5. The molecule has 0 atom stereocenters. The molecular weight excluding hydrogens is 274 g/mol. The van der Waals surface area contributed by atoms with Crippen molar-refractivity contribution in [2.75, 3.05) is 27.2 Å². The molecule has 0 aliphatic rings. The molecule has 4 heteroatoms. The smallest absolute Gasteiger partial charge is 0.333 e. The molecule has 0 fully saturated rings. The number of carbonyl (C=O) groups excluding carboxylic acids is 1. The fraction of sp³-hybridized carbons (Fsp3) is 0.812. The second kappa shape index (κ2) is 18.5. The van der Waals surface area contributed by atoms with Gasteiger partial charge in [0.05, 0.1) is 27.2 Å². The maximum Gasteiger partial charge on any atom is 0.333 e. The van der Waals surface area contributed by atoms with E-state index in [1.807, 2.05) is 0 Å². The molecule has 0 unspecified atom stereocenters.